The predicted octanol–water partition coefficient (Wildman–Crippen LogP) is 5.47. The molecule has 15 heteroatoms. The third-order valence-electron chi connectivity index (χ3n) is 5.55. The van der Waals surface area contributed by atoms with Crippen LogP contribution in [-0.4, -0.2) is 58.1 Å². The summed E-state index contributed by atoms with van der Waals surface area (Å²) in [7, 11) is -4.19. The molecule has 0 saturated carbocycles. The first kappa shape index (κ1) is 32.1. The maximum Gasteiger partial charge on any atom is 0.517 e. The van der Waals surface area contributed by atoms with Crippen molar-refractivity contribution in [3.63, 3.8) is 0 Å². The highest BCUT2D eigenvalue weighted by Crippen LogP contribution is 2.49. The van der Waals surface area contributed by atoms with Crippen LogP contribution in [0, 0.1) is 5.41 Å². The van der Waals surface area contributed by atoms with Crippen LogP contribution in [0.4, 0.5) is 13.2 Å². The highest BCUT2D eigenvalue weighted by molar-refractivity contribution is 7.90. The molecule has 2 aliphatic rings. The molecule has 1 fully saturated rings. The first-order valence-electron chi connectivity index (χ1n) is 10.9. The van der Waals surface area contributed by atoms with Crippen molar-refractivity contribution in [2.24, 2.45) is 5.41 Å². The number of alkyl halides is 6. The molecular weight excluding hydrogens is 596 g/mol. The number of hydrogen-bond donors (Lipinski definition) is 0. The molecule has 0 aromatic heterocycles. The van der Waals surface area contributed by atoms with E-state index in [1.165, 1.54) is 12.0 Å². The van der Waals surface area contributed by atoms with E-state index in [1.54, 1.807) is 52.0 Å². The number of hydrogen-bond acceptors (Lipinski definition) is 6. The minimum absolute atomic E-state index is 0.0345. The van der Waals surface area contributed by atoms with Crippen molar-refractivity contribution in [3.05, 3.63) is 54.4 Å². The number of carbonyl (C=O) groups is 2. The molecule has 1 aromatic carbocycles. The van der Waals surface area contributed by atoms with Crippen LogP contribution in [0.2, 0.25) is 0 Å². The summed E-state index contributed by atoms with van der Waals surface area (Å²) in [4.78, 5) is 27.7. The standard InChI is InChI=1S/C22H25F3N2O6S.CHCl3/c1-14(15-6-8-16(32-5)9-7-15)27-17(18(28)33-20(2,3)4)21(19(27)29)10-12-26(13-11-21)34(30,31)22(23,24)25;2-1(3)4/h6-14,17H,1-5H3;1H/t14-,17-;/m0./s1. The van der Waals surface area contributed by atoms with Crippen LogP contribution in [0.1, 0.15) is 39.3 Å². The van der Waals surface area contributed by atoms with Gasteiger partial charge in [-0.25, -0.2) is 9.10 Å². The van der Waals surface area contributed by atoms with Crippen LogP contribution >= 0.6 is 34.8 Å². The van der Waals surface area contributed by atoms with Gasteiger partial charge in [-0.2, -0.15) is 21.6 Å². The Morgan fingerprint density at radius 2 is 1.53 bits per heavy atom. The molecule has 0 aliphatic carbocycles. The predicted molar refractivity (Wildman–Crippen MR) is 137 cm³/mol. The van der Waals surface area contributed by atoms with E-state index in [1.807, 2.05) is 0 Å². The van der Waals surface area contributed by atoms with Gasteiger partial charge in [0.1, 0.15) is 16.8 Å². The third kappa shape index (κ3) is 6.70. The van der Waals surface area contributed by atoms with Gasteiger partial charge in [0.05, 0.1) is 13.2 Å². The van der Waals surface area contributed by atoms with Gasteiger partial charge in [0, 0.05) is 12.4 Å². The molecule has 2 heterocycles. The molecule has 1 saturated heterocycles. The molecule has 1 aromatic rings. The number of ether oxygens (including phenoxy) is 2. The number of amides is 1. The Labute approximate surface area is 233 Å². The van der Waals surface area contributed by atoms with Crippen molar-refractivity contribution in [2.45, 2.75) is 55.2 Å². The van der Waals surface area contributed by atoms with Crippen molar-refractivity contribution in [2.75, 3.05) is 7.11 Å². The van der Waals surface area contributed by atoms with Gasteiger partial charge in [0.25, 0.3) is 0 Å². The van der Waals surface area contributed by atoms with E-state index in [9.17, 15) is 31.2 Å². The lowest BCUT2D eigenvalue weighted by molar-refractivity contribution is -0.188. The lowest BCUT2D eigenvalue weighted by atomic mass is 9.68. The zero-order chi connectivity index (χ0) is 29.3. The first-order chi connectivity index (χ1) is 17.3. The molecule has 0 N–H and O–H groups in total. The molecule has 212 valence electrons. The van der Waals surface area contributed by atoms with Crippen molar-refractivity contribution in [3.8, 4) is 5.75 Å². The molecule has 2 atom stereocenters. The van der Waals surface area contributed by atoms with Crippen LogP contribution < -0.4 is 4.74 Å². The molecule has 2 aliphatic heterocycles. The highest BCUT2D eigenvalue weighted by atomic mass is 35.6. The maximum absolute atomic E-state index is 13.3. The number of rotatable bonds is 5. The van der Waals surface area contributed by atoms with Gasteiger partial charge in [-0.15, -0.1) is 0 Å². The fraction of sp³-hybridized carbons (Fsp3) is 0.478. The molecule has 8 nitrogen and oxygen atoms in total. The molecule has 1 amide bonds. The second kappa shape index (κ2) is 11.5. The Morgan fingerprint density at radius 1 is 1.05 bits per heavy atom. The fourth-order valence-electron chi connectivity index (χ4n) is 3.83. The van der Waals surface area contributed by atoms with Crippen LogP contribution in [0.5, 0.6) is 5.75 Å². The lowest BCUT2D eigenvalue weighted by Crippen LogP contribution is -2.71. The normalized spacial score (nSPS) is 19.6. The Balaban J connectivity index is 0.00000118. The summed E-state index contributed by atoms with van der Waals surface area (Å²) >= 11 is 14.4. The van der Waals surface area contributed by atoms with Gasteiger partial charge < -0.3 is 14.4 Å². The largest absolute Gasteiger partial charge is 0.517 e. The quantitative estimate of drug-likeness (QED) is 0.246. The monoisotopic (exact) mass is 620 g/mol. The second-order valence-electron chi connectivity index (χ2n) is 9.19. The lowest BCUT2D eigenvalue weighted by Gasteiger charge is -2.55. The van der Waals surface area contributed by atoms with Crippen molar-refractivity contribution in [1.29, 1.82) is 0 Å². The summed E-state index contributed by atoms with van der Waals surface area (Å²) < 4.78 is 72.1. The summed E-state index contributed by atoms with van der Waals surface area (Å²) in [5.41, 5.74) is -7.43. The van der Waals surface area contributed by atoms with Crippen LogP contribution in [0.25, 0.3) is 0 Å². The van der Waals surface area contributed by atoms with E-state index in [2.05, 4.69) is 0 Å². The van der Waals surface area contributed by atoms with E-state index < -0.39 is 54.8 Å². The van der Waals surface area contributed by atoms with E-state index in [-0.39, 0.29) is 4.31 Å². The SMILES string of the molecule is COc1ccc([C@H](C)N2C(=O)C3(C=CN(S(=O)(=O)C(F)(F)F)C=C3)[C@@H]2C(=O)OC(C)(C)C)cc1.ClC(Cl)Cl. The Hall–Kier alpha value is -2.15. The Kier molecular flexibility index (Phi) is 9.73. The minimum Gasteiger partial charge on any atom is -0.497 e. The average Bonchev–Trinajstić information content (AvgIpc) is 2.79. The number of halogens is 6. The van der Waals surface area contributed by atoms with Gasteiger partial charge in [-0.1, -0.05) is 46.9 Å². The first-order valence-corrected chi connectivity index (χ1v) is 13.6. The Morgan fingerprint density at radius 3 is 1.92 bits per heavy atom. The van der Waals surface area contributed by atoms with Gasteiger partial charge in [0.15, 0.2) is 10.3 Å². The number of carbonyl (C=O) groups excluding carboxylic acids is 2. The van der Waals surface area contributed by atoms with Gasteiger partial charge >= 0.3 is 21.5 Å². The fourth-order valence-corrected chi connectivity index (χ4v) is 4.52. The average molecular weight is 622 g/mol. The molecule has 0 unspecified atom stereocenters. The summed E-state index contributed by atoms with van der Waals surface area (Å²) in [6, 6.07) is 5.00. The zero-order valence-electron chi connectivity index (χ0n) is 20.9. The van der Waals surface area contributed by atoms with Crippen molar-refractivity contribution < 1.29 is 40.7 Å². The van der Waals surface area contributed by atoms with Crippen LogP contribution in [-0.2, 0) is 24.3 Å². The summed E-state index contributed by atoms with van der Waals surface area (Å²) in [5, 5.41) is 0. The second-order valence-corrected chi connectivity index (χ2v) is 13.0. The molecule has 38 heavy (non-hydrogen) atoms. The summed E-state index contributed by atoms with van der Waals surface area (Å²) in [6.45, 7) is 6.61. The van der Waals surface area contributed by atoms with Crippen molar-refractivity contribution in [1.82, 2.24) is 9.21 Å². The smallest absolute Gasteiger partial charge is 0.497 e. The van der Waals surface area contributed by atoms with E-state index in [0.717, 1.165) is 12.2 Å². The number of sulfonamides is 1. The molecule has 0 radical (unpaired) electrons. The van der Waals surface area contributed by atoms with Crippen molar-refractivity contribution >= 4 is 56.7 Å². The molecule has 0 bridgehead atoms. The number of nitrogens with zero attached hydrogens (tertiary/aromatic N) is 2. The molecule has 1 spiro atoms. The number of esters is 1. The van der Waals surface area contributed by atoms with E-state index in [0.29, 0.717) is 23.7 Å². The summed E-state index contributed by atoms with van der Waals surface area (Å²) in [5.74, 6) is -0.757. The van der Waals surface area contributed by atoms with Gasteiger partial charge in [-0.3, -0.25) is 4.79 Å². The van der Waals surface area contributed by atoms with Gasteiger partial charge in [-0.05, 0) is 57.5 Å². The van der Waals surface area contributed by atoms with E-state index >= 15 is 0 Å². The molecule has 3 rings (SSSR count). The third-order valence-corrected chi connectivity index (χ3v) is 6.93. The number of likely N-dealkylation sites (tertiary alicyclic amines) is 1. The molecular formula is C23H26Cl3F3N2O6S. The van der Waals surface area contributed by atoms with Crippen LogP contribution in [0.15, 0.2) is 48.8 Å². The summed E-state index contributed by atoms with van der Waals surface area (Å²) in [6.07, 6.45) is 3.25. The van der Waals surface area contributed by atoms with Crippen LogP contribution in [0.3, 0.4) is 0 Å². The Bertz CT molecular complexity index is 1180. The van der Waals surface area contributed by atoms with Gasteiger partial charge in [0.2, 0.25) is 5.91 Å². The topological polar surface area (TPSA) is 93.2 Å². The zero-order valence-corrected chi connectivity index (χ0v) is 24.0. The number of β-lactam (4-membered cyclic amide) rings is 1. The van der Waals surface area contributed by atoms with E-state index in [4.69, 9.17) is 44.3 Å². The number of benzene rings is 1. The number of methoxy groups -OCH3 is 1. The minimum atomic E-state index is -5.69. The maximum atomic E-state index is 13.3. The highest BCUT2D eigenvalue weighted by Gasteiger charge is 2.65.